The van der Waals surface area contributed by atoms with E-state index >= 15 is 0 Å². The molecule has 2 unspecified atom stereocenters. The molecule has 2 bridgehead atoms. The second-order valence-electron chi connectivity index (χ2n) is 9.44. The van der Waals surface area contributed by atoms with E-state index in [0.717, 1.165) is 21.6 Å². The van der Waals surface area contributed by atoms with Crippen molar-refractivity contribution in [2.24, 2.45) is 11.8 Å². The number of amides is 4. The molecule has 14 heteroatoms. The van der Waals surface area contributed by atoms with E-state index in [1.165, 1.54) is 6.08 Å². The highest BCUT2D eigenvalue weighted by Crippen LogP contribution is 2.23. The van der Waals surface area contributed by atoms with Crippen LogP contribution in [0.4, 0.5) is 0 Å². The molecule has 212 valence electrons. The zero-order valence-corrected chi connectivity index (χ0v) is 24.6. The Morgan fingerprint density at radius 1 is 0.974 bits per heavy atom. The molecular formula is C24H36N4O7S3. The SMILES string of the molecule is C/C=C1\NC(=O)[C@H]2CSS(=O)SCC/C=C/[C@H](CC(=O)N[C@H](C(C)C)C(=O)N2)OC(=O)C(C(C)C)NC1=O. The van der Waals surface area contributed by atoms with Crippen LogP contribution < -0.4 is 21.3 Å². The molecule has 4 amide bonds. The van der Waals surface area contributed by atoms with Gasteiger partial charge in [-0.25, -0.2) is 9.00 Å². The van der Waals surface area contributed by atoms with Crippen LogP contribution in [0, 0.1) is 11.8 Å². The number of fused-ring (bicyclic) bond motifs is 7. The van der Waals surface area contributed by atoms with E-state index in [4.69, 9.17) is 4.74 Å². The van der Waals surface area contributed by atoms with Gasteiger partial charge in [0.25, 0.3) is 5.91 Å². The monoisotopic (exact) mass is 588 g/mol. The second kappa shape index (κ2) is 15.3. The molecule has 5 atom stereocenters. The molecule has 0 aromatic carbocycles. The Hall–Kier alpha value is -2.32. The number of carbonyl (C=O) groups excluding carboxylic acids is 5. The number of allylic oxidation sites excluding steroid dienone is 2. The normalized spacial score (nSPS) is 31.0. The van der Waals surface area contributed by atoms with Gasteiger partial charge in [0.05, 0.1) is 6.42 Å². The average Bonchev–Trinajstić information content (AvgIpc) is 2.84. The van der Waals surface area contributed by atoms with Crippen molar-refractivity contribution < 1.29 is 32.9 Å². The highest BCUT2D eigenvalue weighted by molar-refractivity contribution is 9.02. The Balaban J connectivity index is 2.60. The van der Waals surface area contributed by atoms with E-state index in [0.29, 0.717) is 12.2 Å². The molecule has 1 saturated heterocycles. The number of carbonyl (C=O) groups is 5. The topological polar surface area (TPSA) is 160 Å². The van der Waals surface area contributed by atoms with Crippen LogP contribution in [-0.2, 0) is 37.6 Å². The first-order valence-electron chi connectivity index (χ1n) is 12.4. The summed E-state index contributed by atoms with van der Waals surface area (Å²) < 4.78 is 18.1. The molecule has 0 aromatic rings. The molecule has 0 radical (unpaired) electrons. The minimum absolute atomic E-state index is 0.0343. The summed E-state index contributed by atoms with van der Waals surface area (Å²) in [5.74, 6) is -3.54. The third kappa shape index (κ3) is 9.77. The van der Waals surface area contributed by atoms with Crippen molar-refractivity contribution >= 4 is 60.0 Å². The van der Waals surface area contributed by atoms with Gasteiger partial charge in [-0.15, -0.1) is 0 Å². The fourth-order valence-corrected chi connectivity index (χ4v) is 7.84. The molecule has 4 N–H and O–H groups in total. The van der Waals surface area contributed by atoms with Gasteiger partial charge in [-0.05, 0) is 52.8 Å². The summed E-state index contributed by atoms with van der Waals surface area (Å²) in [6, 6.07) is -3.19. The fraction of sp³-hybridized carbons (Fsp3) is 0.625. The van der Waals surface area contributed by atoms with Crippen molar-refractivity contribution in [1.82, 2.24) is 21.3 Å². The predicted octanol–water partition coefficient (Wildman–Crippen LogP) is 1.09. The highest BCUT2D eigenvalue weighted by atomic mass is 33.5. The Morgan fingerprint density at radius 3 is 2.29 bits per heavy atom. The van der Waals surface area contributed by atoms with Crippen LogP contribution in [0.2, 0.25) is 0 Å². The zero-order valence-electron chi connectivity index (χ0n) is 22.1. The van der Waals surface area contributed by atoms with Crippen molar-refractivity contribution in [3.8, 4) is 0 Å². The summed E-state index contributed by atoms with van der Waals surface area (Å²) in [4.78, 5) is 65.5. The van der Waals surface area contributed by atoms with Crippen molar-refractivity contribution in [2.75, 3.05) is 11.5 Å². The van der Waals surface area contributed by atoms with Crippen LogP contribution >= 0.6 is 21.6 Å². The van der Waals surface area contributed by atoms with Gasteiger partial charge in [0.1, 0.15) is 38.8 Å². The number of ether oxygens (including phenoxy) is 1. The summed E-state index contributed by atoms with van der Waals surface area (Å²) in [6.45, 7) is 8.49. The van der Waals surface area contributed by atoms with Crippen LogP contribution in [0.25, 0.3) is 0 Å². The minimum atomic E-state index is -1.41. The Labute approximate surface area is 232 Å². The summed E-state index contributed by atoms with van der Waals surface area (Å²) in [7, 11) is 0.742. The quantitative estimate of drug-likeness (QED) is 0.160. The standard InChI is InChI=1S/C24H36N4O7S3/c1-6-16-21(30)28-20(14(4)5)24(33)35-15-9-7-8-10-36-38(34)37-12-17(22(31)25-16)26-23(32)19(13(2)3)27-18(29)11-15/h6-7,9,13-15,17,19-20H,8,10-12H2,1-5H3,(H,25,31)(H,26,32)(H,27,29)(H,28,30)/b9-7+,16-6-/t15-,17-,19-,20?,38?/m1/s1. The van der Waals surface area contributed by atoms with E-state index in [9.17, 15) is 28.2 Å². The lowest BCUT2D eigenvalue weighted by molar-refractivity contribution is -0.153. The van der Waals surface area contributed by atoms with E-state index in [1.807, 2.05) is 0 Å². The van der Waals surface area contributed by atoms with Crippen LogP contribution in [0.15, 0.2) is 23.9 Å². The molecule has 2 heterocycles. The maximum atomic E-state index is 13.2. The van der Waals surface area contributed by atoms with Gasteiger partial charge >= 0.3 is 5.97 Å². The maximum absolute atomic E-state index is 13.2. The lowest BCUT2D eigenvalue weighted by atomic mass is 10.0. The van der Waals surface area contributed by atoms with Gasteiger partial charge in [-0.3, -0.25) is 19.2 Å². The maximum Gasteiger partial charge on any atom is 0.329 e. The van der Waals surface area contributed by atoms with Crippen molar-refractivity contribution in [2.45, 2.75) is 71.7 Å². The molecule has 0 spiro atoms. The number of rotatable bonds is 2. The van der Waals surface area contributed by atoms with Gasteiger partial charge in [0.2, 0.25) is 17.7 Å². The summed E-state index contributed by atoms with van der Waals surface area (Å²) in [5.41, 5.74) is -0.119. The van der Waals surface area contributed by atoms with Gasteiger partial charge in [-0.1, -0.05) is 39.8 Å². The van der Waals surface area contributed by atoms with Gasteiger partial charge < -0.3 is 26.0 Å². The number of hydrogen-bond donors (Lipinski definition) is 4. The Morgan fingerprint density at radius 2 is 1.66 bits per heavy atom. The number of nitrogens with one attached hydrogen (secondary N) is 4. The van der Waals surface area contributed by atoms with E-state index in [1.54, 1.807) is 46.8 Å². The lowest BCUT2D eigenvalue weighted by Gasteiger charge is -2.28. The molecule has 0 saturated carbocycles. The predicted molar refractivity (Wildman–Crippen MR) is 149 cm³/mol. The Kier molecular flexibility index (Phi) is 12.9. The first-order valence-corrected chi connectivity index (χ1v) is 16.5. The third-order valence-electron chi connectivity index (χ3n) is 5.70. The molecule has 2 aliphatic heterocycles. The zero-order chi connectivity index (χ0) is 28.4. The minimum Gasteiger partial charge on any atom is -0.456 e. The van der Waals surface area contributed by atoms with Crippen LogP contribution in [0.3, 0.4) is 0 Å². The van der Waals surface area contributed by atoms with Crippen molar-refractivity contribution in [3.63, 3.8) is 0 Å². The van der Waals surface area contributed by atoms with Crippen LogP contribution in [-0.4, -0.2) is 69.5 Å². The molecule has 11 nitrogen and oxygen atoms in total. The first kappa shape index (κ1) is 31.9. The van der Waals surface area contributed by atoms with Gasteiger partial charge in [-0.2, -0.15) is 0 Å². The molecular weight excluding hydrogens is 552 g/mol. The van der Waals surface area contributed by atoms with Gasteiger partial charge in [0.15, 0.2) is 0 Å². The summed E-state index contributed by atoms with van der Waals surface area (Å²) in [5, 5.41) is 10.4. The molecule has 0 aliphatic carbocycles. The Bertz CT molecular complexity index is 999. The van der Waals surface area contributed by atoms with Crippen molar-refractivity contribution in [1.29, 1.82) is 0 Å². The molecule has 1 fully saturated rings. The summed E-state index contributed by atoms with van der Waals surface area (Å²) in [6.07, 6.45) is 3.98. The third-order valence-corrected chi connectivity index (χ3v) is 10.7. The van der Waals surface area contributed by atoms with E-state index in [-0.39, 0.29) is 29.7 Å². The highest BCUT2D eigenvalue weighted by Gasteiger charge is 2.33. The molecule has 2 rings (SSSR count). The molecule has 2 aliphatic rings. The van der Waals surface area contributed by atoms with E-state index < -0.39 is 62.7 Å². The van der Waals surface area contributed by atoms with E-state index in [2.05, 4.69) is 21.3 Å². The molecule has 38 heavy (non-hydrogen) atoms. The second-order valence-corrected chi connectivity index (χ2v) is 14.9. The average molecular weight is 589 g/mol. The lowest BCUT2D eigenvalue weighted by Crippen LogP contribution is -2.57. The molecule has 0 aromatic heterocycles. The van der Waals surface area contributed by atoms with Crippen LogP contribution in [0.5, 0.6) is 0 Å². The van der Waals surface area contributed by atoms with Crippen molar-refractivity contribution in [3.05, 3.63) is 23.9 Å². The van der Waals surface area contributed by atoms with Gasteiger partial charge in [0, 0.05) is 11.5 Å². The summed E-state index contributed by atoms with van der Waals surface area (Å²) >= 11 is 0. The number of hydrogen-bond acceptors (Lipinski definition) is 9. The fourth-order valence-electron chi connectivity index (χ4n) is 3.55. The largest absolute Gasteiger partial charge is 0.456 e. The first-order chi connectivity index (χ1) is 17.9. The van der Waals surface area contributed by atoms with Crippen LogP contribution in [0.1, 0.15) is 47.5 Å². The smallest absolute Gasteiger partial charge is 0.329 e. The number of esters is 1.